The lowest BCUT2D eigenvalue weighted by molar-refractivity contribution is -0.214. The van der Waals surface area contributed by atoms with Gasteiger partial charge in [0.1, 0.15) is 11.5 Å². The molecule has 0 radical (unpaired) electrons. The van der Waals surface area contributed by atoms with E-state index in [-0.39, 0.29) is 32.5 Å². The highest BCUT2D eigenvalue weighted by Gasteiger charge is 2.73. The van der Waals surface area contributed by atoms with Crippen molar-refractivity contribution in [3.63, 3.8) is 0 Å². The van der Waals surface area contributed by atoms with Crippen LogP contribution in [0.2, 0.25) is 0 Å². The zero-order valence-electron chi connectivity index (χ0n) is 22.6. The molecule has 4 bridgehead atoms. The van der Waals surface area contributed by atoms with Crippen molar-refractivity contribution in [2.24, 2.45) is 21.7 Å². The topological polar surface area (TPSA) is 40.5 Å². The van der Waals surface area contributed by atoms with E-state index in [2.05, 4.69) is 79.7 Å². The summed E-state index contributed by atoms with van der Waals surface area (Å²) in [6.07, 6.45) is 6.70. The van der Waals surface area contributed by atoms with Gasteiger partial charge in [0.15, 0.2) is 0 Å². The van der Waals surface area contributed by atoms with Crippen molar-refractivity contribution in [1.82, 2.24) is 0 Å². The molecule has 6 rings (SSSR count). The van der Waals surface area contributed by atoms with Gasteiger partial charge in [0.05, 0.1) is 0 Å². The van der Waals surface area contributed by atoms with Crippen molar-refractivity contribution >= 4 is 0 Å². The lowest BCUT2D eigenvalue weighted by atomic mass is 9.28. The number of aryl methyl sites for hydroxylation is 2. The van der Waals surface area contributed by atoms with Crippen LogP contribution in [-0.2, 0) is 10.8 Å². The summed E-state index contributed by atoms with van der Waals surface area (Å²) in [6, 6.07) is 12.7. The molecule has 0 unspecified atom stereocenters. The van der Waals surface area contributed by atoms with E-state index < -0.39 is 0 Å². The first-order valence-electron chi connectivity index (χ1n) is 13.2. The van der Waals surface area contributed by atoms with E-state index in [0.717, 1.165) is 54.4 Å². The third-order valence-electron chi connectivity index (χ3n) is 10.7. The van der Waals surface area contributed by atoms with Crippen LogP contribution >= 0.6 is 0 Å². The van der Waals surface area contributed by atoms with Gasteiger partial charge in [-0.25, -0.2) is 0 Å². The van der Waals surface area contributed by atoms with Gasteiger partial charge in [-0.1, -0.05) is 65.8 Å². The number of hydrogen-bond acceptors (Lipinski definition) is 2. The van der Waals surface area contributed by atoms with Gasteiger partial charge in [0.25, 0.3) is 0 Å². The highest BCUT2D eigenvalue weighted by atomic mass is 16.3. The molecule has 4 aliphatic rings. The molecule has 4 saturated carbocycles. The van der Waals surface area contributed by atoms with Gasteiger partial charge >= 0.3 is 0 Å². The van der Waals surface area contributed by atoms with Crippen molar-refractivity contribution in [2.75, 3.05) is 0 Å². The highest BCUT2D eigenvalue weighted by Crippen LogP contribution is 2.80. The Hall–Kier alpha value is -1.96. The lowest BCUT2D eigenvalue weighted by Gasteiger charge is -2.76. The van der Waals surface area contributed by atoms with Crippen LogP contribution in [0, 0.1) is 35.5 Å². The molecule has 2 N–H and O–H groups in total. The first-order chi connectivity index (χ1) is 15.6. The minimum Gasteiger partial charge on any atom is -0.508 e. The molecule has 0 aromatic heterocycles. The molecule has 34 heavy (non-hydrogen) atoms. The molecule has 2 aromatic rings. The standard InChI is InChI=1S/C32H44O2/c1-21-9-11-23(25(33)13-21)29-15-30(24-12-10-22(2)14-26(24)34)18-31(16-29,27(3,4)5)20-32(17-29,19-30)28(6,7)8/h9-14,33-34H,15-20H2,1-8H3. The molecule has 0 heterocycles. The van der Waals surface area contributed by atoms with Gasteiger partial charge in [-0.05, 0) is 97.3 Å². The Morgan fingerprint density at radius 3 is 1.21 bits per heavy atom. The van der Waals surface area contributed by atoms with Gasteiger partial charge < -0.3 is 10.2 Å². The zero-order chi connectivity index (χ0) is 24.9. The second-order valence-electron chi connectivity index (χ2n) is 14.7. The van der Waals surface area contributed by atoms with Crippen molar-refractivity contribution < 1.29 is 10.2 Å². The molecule has 0 atom stereocenters. The summed E-state index contributed by atoms with van der Waals surface area (Å²) in [5.74, 6) is 0.914. The summed E-state index contributed by atoms with van der Waals surface area (Å²) in [6.45, 7) is 18.7. The third-order valence-corrected chi connectivity index (χ3v) is 10.7. The van der Waals surface area contributed by atoms with E-state index in [1.807, 2.05) is 12.1 Å². The van der Waals surface area contributed by atoms with Crippen LogP contribution in [0.1, 0.15) is 102 Å². The zero-order valence-corrected chi connectivity index (χ0v) is 22.6. The molecule has 2 nitrogen and oxygen atoms in total. The number of benzene rings is 2. The van der Waals surface area contributed by atoms with Crippen molar-refractivity contribution in [3.05, 3.63) is 58.7 Å². The molecular weight excluding hydrogens is 416 g/mol. The van der Waals surface area contributed by atoms with Gasteiger partial charge in [-0.2, -0.15) is 0 Å². The van der Waals surface area contributed by atoms with Crippen molar-refractivity contribution in [1.29, 1.82) is 0 Å². The Morgan fingerprint density at radius 2 is 0.912 bits per heavy atom. The Morgan fingerprint density at radius 1 is 0.559 bits per heavy atom. The molecule has 184 valence electrons. The minimum atomic E-state index is -0.0928. The fraction of sp³-hybridized carbons (Fsp3) is 0.625. The second kappa shape index (κ2) is 6.83. The summed E-state index contributed by atoms with van der Waals surface area (Å²) < 4.78 is 0. The number of rotatable bonds is 2. The molecule has 0 aliphatic heterocycles. The fourth-order valence-electron chi connectivity index (χ4n) is 8.98. The van der Waals surface area contributed by atoms with Gasteiger partial charge in [-0.3, -0.25) is 0 Å². The van der Waals surface area contributed by atoms with Gasteiger partial charge in [0, 0.05) is 22.0 Å². The molecule has 0 spiro atoms. The first kappa shape index (κ1) is 23.8. The van der Waals surface area contributed by atoms with Crippen LogP contribution in [0.3, 0.4) is 0 Å². The number of phenolic OH excluding ortho intramolecular Hbond substituents is 2. The molecule has 4 fully saturated rings. The first-order valence-corrected chi connectivity index (χ1v) is 13.2. The molecule has 2 heteroatoms. The van der Waals surface area contributed by atoms with Gasteiger partial charge in [0.2, 0.25) is 0 Å². The Labute approximate surface area is 206 Å². The van der Waals surface area contributed by atoms with Crippen LogP contribution in [-0.4, -0.2) is 10.2 Å². The monoisotopic (exact) mass is 460 g/mol. The summed E-state index contributed by atoms with van der Waals surface area (Å²) >= 11 is 0. The number of hydrogen-bond donors (Lipinski definition) is 2. The average Bonchev–Trinajstić information content (AvgIpc) is 2.64. The van der Waals surface area contributed by atoms with Crippen molar-refractivity contribution in [2.45, 2.75) is 105 Å². The minimum absolute atomic E-state index is 0.0928. The summed E-state index contributed by atoms with van der Waals surface area (Å²) in [5, 5.41) is 22.6. The van der Waals surface area contributed by atoms with E-state index in [1.54, 1.807) is 0 Å². The summed E-state index contributed by atoms with van der Waals surface area (Å²) in [4.78, 5) is 0. The van der Waals surface area contributed by atoms with Crippen LogP contribution in [0.4, 0.5) is 0 Å². The molecule has 0 saturated heterocycles. The molecular formula is C32H44O2. The third kappa shape index (κ3) is 3.12. The number of aromatic hydroxyl groups is 2. The molecule has 2 aromatic carbocycles. The maximum atomic E-state index is 11.3. The van der Waals surface area contributed by atoms with E-state index in [1.165, 1.54) is 6.42 Å². The van der Waals surface area contributed by atoms with Crippen LogP contribution in [0.25, 0.3) is 0 Å². The normalized spacial score (nSPS) is 35.1. The maximum Gasteiger partial charge on any atom is 0.119 e. The van der Waals surface area contributed by atoms with E-state index in [9.17, 15) is 10.2 Å². The van der Waals surface area contributed by atoms with Crippen molar-refractivity contribution in [3.8, 4) is 11.5 Å². The van der Waals surface area contributed by atoms with E-state index in [4.69, 9.17) is 0 Å². The number of phenols is 2. The maximum absolute atomic E-state index is 11.3. The predicted octanol–water partition coefficient (Wildman–Crippen LogP) is 8.34. The van der Waals surface area contributed by atoms with Crippen LogP contribution in [0.5, 0.6) is 11.5 Å². The quantitative estimate of drug-likeness (QED) is 0.473. The lowest BCUT2D eigenvalue weighted by Crippen LogP contribution is -2.69. The fourth-order valence-corrected chi connectivity index (χ4v) is 8.98. The largest absolute Gasteiger partial charge is 0.508 e. The van der Waals surface area contributed by atoms with Crippen LogP contribution in [0.15, 0.2) is 36.4 Å². The SMILES string of the molecule is Cc1ccc(C23CC4(c5ccc(C)cc5O)CC(C(C)(C)C)(C2)CC(C(C)(C)C)(C3)C4)c(O)c1. The Kier molecular flexibility index (Phi) is 4.77. The smallest absolute Gasteiger partial charge is 0.119 e. The van der Waals surface area contributed by atoms with E-state index >= 15 is 0 Å². The van der Waals surface area contributed by atoms with Gasteiger partial charge in [-0.15, -0.1) is 0 Å². The summed E-state index contributed by atoms with van der Waals surface area (Å²) in [5.41, 5.74) is 4.83. The summed E-state index contributed by atoms with van der Waals surface area (Å²) in [7, 11) is 0. The van der Waals surface area contributed by atoms with E-state index in [0.29, 0.717) is 11.5 Å². The Bertz CT molecular complexity index is 1040. The Balaban J connectivity index is 1.83. The highest BCUT2D eigenvalue weighted by molar-refractivity contribution is 5.50. The second-order valence-corrected chi connectivity index (χ2v) is 14.7. The van der Waals surface area contributed by atoms with Crippen LogP contribution < -0.4 is 0 Å². The molecule has 0 amide bonds. The average molecular weight is 461 g/mol. The predicted molar refractivity (Wildman–Crippen MR) is 141 cm³/mol. The molecule has 4 aliphatic carbocycles.